The predicted molar refractivity (Wildman–Crippen MR) is 27.7 cm³/mol. The van der Waals surface area contributed by atoms with Gasteiger partial charge in [0.1, 0.15) is 0 Å². The number of hydrogen-bond acceptors (Lipinski definition) is 2. The lowest BCUT2D eigenvalue weighted by Gasteiger charge is -2.17. The molecule has 1 saturated heterocycles. The second-order valence-electron chi connectivity index (χ2n) is 2.09. The summed E-state index contributed by atoms with van der Waals surface area (Å²) in [5, 5.41) is 0. The first-order valence-corrected chi connectivity index (χ1v) is 2.74. The third kappa shape index (κ3) is 1.45. The Bertz CT molecular complexity index is 50.0. The summed E-state index contributed by atoms with van der Waals surface area (Å²) in [7, 11) is 0. The average Bonchev–Trinajstić information content (AvgIpc) is 1.69. The lowest BCUT2D eigenvalue weighted by Crippen LogP contribution is -2.28. The standard InChI is InChI=1S/C5H11NO/c1-5-2-3-7-6-4-5/h5-6H,2-4H2,1H3. The fraction of sp³-hybridized carbons (Fsp3) is 1.00. The molecule has 1 aliphatic rings. The van der Waals surface area contributed by atoms with Crippen LogP contribution in [0.15, 0.2) is 0 Å². The normalized spacial score (nSPS) is 33.0. The van der Waals surface area contributed by atoms with Crippen molar-refractivity contribution >= 4 is 0 Å². The molecule has 0 bridgehead atoms. The van der Waals surface area contributed by atoms with Crippen LogP contribution in [0.4, 0.5) is 0 Å². The van der Waals surface area contributed by atoms with Crippen LogP contribution in [0.5, 0.6) is 0 Å². The smallest absolute Gasteiger partial charge is 0.0685 e. The van der Waals surface area contributed by atoms with Gasteiger partial charge in [-0.25, -0.2) is 5.48 Å². The van der Waals surface area contributed by atoms with Crippen molar-refractivity contribution in [2.24, 2.45) is 5.92 Å². The van der Waals surface area contributed by atoms with E-state index in [1.807, 2.05) is 0 Å². The third-order valence-electron chi connectivity index (χ3n) is 1.25. The molecule has 0 aromatic heterocycles. The molecule has 1 unspecified atom stereocenters. The topological polar surface area (TPSA) is 21.3 Å². The zero-order chi connectivity index (χ0) is 5.11. The van der Waals surface area contributed by atoms with Gasteiger partial charge in [-0.15, -0.1) is 0 Å². The molecule has 1 rings (SSSR count). The van der Waals surface area contributed by atoms with Gasteiger partial charge in [0.2, 0.25) is 0 Å². The summed E-state index contributed by atoms with van der Waals surface area (Å²) in [6.07, 6.45) is 1.20. The Morgan fingerprint density at radius 1 is 1.71 bits per heavy atom. The van der Waals surface area contributed by atoms with Gasteiger partial charge < -0.3 is 4.84 Å². The first-order valence-electron chi connectivity index (χ1n) is 2.74. The highest BCUT2D eigenvalue weighted by atomic mass is 16.6. The van der Waals surface area contributed by atoms with Gasteiger partial charge in [-0.05, 0) is 12.3 Å². The van der Waals surface area contributed by atoms with Gasteiger partial charge in [0.05, 0.1) is 6.61 Å². The SMILES string of the molecule is CC1CCONC1. The minimum Gasteiger partial charge on any atom is -0.302 e. The van der Waals surface area contributed by atoms with Crippen molar-refractivity contribution < 1.29 is 4.84 Å². The zero-order valence-electron chi connectivity index (χ0n) is 4.61. The Morgan fingerprint density at radius 2 is 2.57 bits per heavy atom. The maximum Gasteiger partial charge on any atom is 0.0685 e. The molecule has 1 heterocycles. The van der Waals surface area contributed by atoms with Crippen molar-refractivity contribution in [3.05, 3.63) is 0 Å². The van der Waals surface area contributed by atoms with E-state index in [1.165, 1.54) is 6.42 Å². The maximum atomic E-state index is 4.89. The molecule has 0 aromatic rings. The lowest BCUT2D eigenvalue weighted by molar-refractivity contribution is -0.00631. The van der Waals surface area contributed by atoms with E-state index < -0.39 is 0 Å². The zero-order valence-corrected chi connectivity index (χ0v) is 4.61. The van der Waals surface area contributed by atoms with Crippen molar-refractivity contribution in [3.8, 4) is 0 Å². The van der Waals surface area contributed by atoms with E-state index in [0.717, 1.165) is 19.1 Å². The molecule has 7 heavy (non-hydrogen) atoms. The van der Waals surface area contributed by atoms with Crippen molar-refractivity contribution in [1.82, 2.24) is 5.48 Å². The van der Waals surface area contributed by atoms with Crippen molar-refractivity contribution in [2.45, 2.75) is 13.3 Å². The summed E-state index contributed by atoms with van der Waals surface area (Å²) in [5.74, 6) is 0.800. The average molecular weight is 101 g/mol. The molecule has 0 amide bonds. The molecular formula is C5H11NO. The van der Waals surface area contributed by atoms with Crippen molar-refractivity contribution in [2.75, 3.05) is 13.2 Å². The first kappa shape index (κ1) is 5.06. The molecule has 0 radical (unpaired) electrons. The molecule has 1 aliphatic heterocycles. The highest BCUT2D eigenvalue weighted by molar-refractivity contribution is 4.55. The van der Waals surface area contributed by atoms with Crippen molar-refractivity contribution in [3.63, 3.8) is 0 Å². The van der Waals surface area contributed by atoms with Crippen molar-refractivity contribution in [1.29, 1.82) is 0 Å². The Labute approximate surface area is 43.8 Å². The van der Waals surface area contributed by atoms with Gasteiger partial charge in [0.25, 0.3) is 0 Å². The molecule has 1 atom stereocenters. The Balaban J connectivity index is 2.12. The van der Waals surface area contributed by atoms with Crippen LogP contribution in [0.3, 0.4) is 0 Å². The summed E-state index contributed by atoms with van der Waals surface area (Å²) in [5.41, 5.74) is 2.83. The molecule has 0 aliphatic carbocycles. The Hall–Kier alpha value is -0.0800. The van der Waals surface area contributed by atoms with E-state index in [2.05, 4.69) is 12.4 Å². The van der Waals surface area contributed by atoms with Crippen LogP contribution < -0.4 is 5.48 Å². The summed E-state index contributed by atoms with van der Waals surface area (Å²) in [6, 6.07) is 0. The van der Waals surface area contributed by atoms with Crippen LogP contribution in [-0.4, -0.2) is 13.2 Å². The fourth-order valence-corrected chi connectivity index (χ4v) is 0.636. The van der Waals surface area contributed by atoms with E-state index >= 15 is 0 Å². The second kappa shape index (κ2) is 2.28. The summed E-state index contributed by atoms with van der Waals surface area (Å²) in [4.78, 5) is 4.89. The molecule has 1 N–H and O–H groups in total. The number of nitrogens with one attached hydrogen (secondary N) is 1. The Kier molecular flexibility index (Phi) is 1.65. The molecule has 1 fully saturated rings. The molecule has 0 aromatic carbocycles. The minimum absolute atomic E-state index is 0.800. The summed E-state index contributed by atoms with van der Waals surface area (Å²) < 4.78 is 0. The molecule has 2 heteroatoms. The second-order valence-corrected chi connectivity index (χ2v) is 2.09. The van der Waals surface area contributed by atoms with Gasteiger partial charge in [0.15, 0.2) is 0 Å². The van der Waals surface area contributed by atoms with Crippen LogP contribution in [0.2, 0.25) is 0 Å². The maximum absolute atomic E-state index is 4.89. The Morgan fingerprint density at radius 3 is 2.86 bits per heavy atom. The predicted octanol–water partition coefficient (Wildman–Crippen LogP) is 0.547. The highest BCUT2D eigenvalue weighted by Crippen LogP contribution is 2.02. The fourth-order valence-electron chi connectivity index (χ4n) is 0.636. The van der Waals surface area contributed by atoms with E-state index in [1.54, 1.807) is 0 Å². The number of rotatable bonds is 0. The van der Waals surface area contributed by atoms with Crippen LogP contribution in [-0.2, 0) is 4.84 Å². The first-order chi connectivity index (χ1) is 3.39. The van der Waals surface area contributed by atoms with Crippen LogP contribution in [0.25, 0.3) is 0 Å². The quantitative estimate of drug-likeness (QED) is 0.481. The highest BCUT2D eigenvalue weighted by Gasteiger charge is 2.05. The van der Waals surface area contributed by atoms with Crippen LogP contribution in [0, 0.1) is 5.92 Å². The number of hydrogen-bond donors (Lipinski definition) is 1. The third-order valence-corrected chi connectivity index (χ3v) is 1.25. The minimum atomic E-state index is 0.800. The largest absolute Gasteiger partial charge is 0.302 e. The van der Waals surface area contributed by atoms with E-state index in [-0.39, 0.29) is 0 Å². The molecule has 0 saturated carbocycles. The molecule has 0 spiro atoms. The molecule has 2 nitrogen and oxygen atoms in total. The number of hydroxylamine groups is 1. The van der Waals surface area contributed by atoms with Gasteiger partial charge >= 0.3 is 0 Å². The molecule has 42 valence electrons. The van der Waals surface area contributed by atoms with E-state index in [0.29, 0.717) is 0 Å². The van der Waals surface area contributed by atoms with E-state index in [9.17, 15) is 0 Å². The van der Waals surface area contributed by atoms with Crippen LogP contribution in [0.1, 0.15) is 13.3 Å². The van der Waals surface area contributed by atoms with Gasteiger partial charge in [-0.3, -0.25) is 0 Å². The summed E-state index contributed by atoms with van der Waals surface area (Å²) >= 11 is 0. The monoisotopic (exact) mass is 101 g/mol. The lowest BCUT2D eigenvalue weighted by atomic mass is 10.1. The van der Waals surface area contributed by atoms with Gasteiger partial charge in [-0.1, -0.05) is 6.92 Å². The van der Waals surface area contributed by atoms with Crippen LogP contribution >= 0.6 is 0 Å². The van der Waals surface area contributed by atoms with Gasteiger partial charge in [-0.2, -0.15) is 0 Å². The summed E-state index contributed by atoms with van der Waals surface area (Å²) in [6.45, 7) is 4.11. The molecular weight excluding hydrogens is 90.1 g/mol. The van der Waals surface area contributed by atoms with Gasteiger partial charge in [0, 0.05) is 6.54 Å². The van der Waals surface area contributed by atoms with E-state index in [4.69, 9.17) is 4.84 Å².